The van der Waals surface area contributed by atoms with Crippen LogP contribution in [0.5, 0.6) is 0 Å². The quantitative estimate of drug-likeness (QED) is 0.668. The van der Waals surface area contributed by atoms with Crippen LogP contribution < -0.4 is 16.4 Å². The lowest BCUT2D eigenvalue weighted by Crippen LogP contribution is -2.15. The molecule has 130 valence electrons. The van der Waals surface area contributed by atoms with Gasteiger partial charge in [0, 0.05) is 23.3 Å². The number of fused-ring (bicyclic) bond motifs is 1. The predicted molar refractivity (Wildman–Crippen MR) is 107 cm³/mol. The van der Waals surface area contributed by atoms with Gasteiger partial charge in [-0.2, -0.15) is 0 Å². The molecule has 0 amide bonds. The third kappa shape index (κ3) is 4.54. The Hall–Kier alpha value is -2.47. The average Bonchev–Trinajstić information content (AvgIpc) is 2.62. The Balaban J connectivity index is 1.67. The fourth-order valence-electron chi connectivity index (χ4n) is 2.38. The van der Waals surface area contributed by atoms with E-state index in [2.05, 4.69) is 45.7 Å². The summed E-state index contributed by atoms with van der Waals surface area (Å²) in [6, 6.07) is 10.4. The van der Waals surface area contributed by atoms with Crippen molar-refractivity contribution in [2.75, 3.05) is 10.6 Å². The fourth-order valence-corrected chi connectivity index (χ4v) is 3.23. The molecule has 2 heterocycles. The van der Waals surface area contributed by atoms with E-state index in [0.29, 0.717) is 5.82 Å². The lowest BCUT2D eigenvalue weighted by Gasteiger charge is -2.20. The highest BCUT2D eigenvalue weighted by molar-refractivity contribution is 8.03. The van der Waals surface area contributed by atoms with Crippen molar-refractivity contribution in [3.63, 3.8) is 0 Å². The fraction of sp³-hybridized carbons (Fsp3) is 0.263. The minimum Gasteiger partial charge on any atom is -0.383 e. The summed E-state index contributed by atoms with van der Waals surface area (Å²) in [6.07, 6.45) is 5.82. The van der Waals surface area contributed by atoms with Crippen LogP contribution in [0.1, 0.15) is 31.0 Å². The van der Waals surface area contributed by atoms with E-state index in [0.717, 1.165) is 46.4 Å². The normalized spacial score (nSPS) is 13.7. The topological polar surface area (TPSA) is 75.3 Å². The van der Waals surface area contributed by atoms with Crippen LogP contribution in [0.4, 0.5) is 11.4 Å². The molecule has 2 aromatic rings. The average molecular weight is 353 g/mol. The highest BCUT2D eigenvalue weighted by atomic mass is 32.2. The maximum Gasteiger partial charge on any atom is 0.141 e. The largest absolute Gasteiger partial charge is 0.383 e. The standard InChI is InChI=1S/C19H23N5S/c1-3-4-9-21-19-18(20)24-16-10-14(6-8-17(16)25-19)11-23-15-7-5-13(2)22-12-15/h5-10,12,23-24H,3-4,11,20H2,1-2H3/b21-9-. The van der Waals surface area contributed by atoms with Gasteiger partial charge >= 0.3 is 0 Å². The van der Waals surface area contributed by atoms with Crippen LogP contribution in [0.25, 0.3) is 0 Å². The summed E-state index contributed by atoms with van der Waals surface area (Å²) < 4.78 is 0. The second kappa shape index (κ2) is 8.07. The van der Waals surface area contributed by atoms with E-state index in [1.165, 1.54) is 5.56 Å². The van der Waals surface area contributed by atoms with Crippen LogP contribution in [0.15, 0.2) is 57.3 Å². The van der Waals surface area contributed by atoms with Crippen molar-refractivity contribution in [3.05, 3.63) is 58.6 Å². The van der Waals surface area contributed by atoms with Gasteiger partial charge in [0.15, 0.2) is 0 Å². The Bertz CT molecular complexity index is 796. The number of nitrogens with two attached hydrogens (primary N) is 1. The zero-order chi connectivity index (χ0) is 17.6. The zero-order valence-electron chi connectivity index (χ0n) is 14.5. The molecule has 0 bridgehead atoms. The van der Waals surface area contributed by atoms with Crippen LogP contribution >= 0.6 is 11.8 Å². The first-order chi connectivity index (χ1) is 12.2. The summed E-state index contributed by atoms with van der Waals surface area (Å²) in [5.41, 5.74) is 10.3. The van der Waals surface area contributed by atoms with E-state index in [9.17, 15) is 0 Å². The maximum absolute atomic E-state index is 6.12. The molecule has 0 fully saturated rings. The van der Waals surface area contributed by atoms with Crippen LogP contribution in [0, 0.1) is 6.92 Å². The van der Waals surface area contributed by atoms with Crippen LogP contribution in [0.3, 0.4) is 0 Å². The van der Waals surface area contributed by atoms with Crippen molar-refractivity contribution >= 4 is 29.4 Å². The summed E-state index contributed by atoms with van der Waals surface area (Å²) in [6.45, 7) is 4.85. The molecular formula is C19H23N5S. The number of nitrogens with one attached hydrogen (secondary N) is 2. The molecule has 0 unspecified atom stereocenters. The molecule has 3 rings (SSSR count). The Morgan fingerprint density at radius 3 is 2.96 bits per heavy atom. The van der Waals surface area contributed by atoms with Gasteiger partial charge in [0.25, 0.3) is 0 Å². The number of aryl methyl sites for hydroxylation is 1. The summed E-state index contributed by atoms with van der Waals surface area (Å²) in [5, 5.41) is 7.48. The highest BCUT2D eigenvalue weighted by Gasteiger charge is 2.16. The van der Waals surface area contributed by atoms with Crippen molar-refractivity contribution < 1.29 is 0 Å². The first kappa shape index (κ1) is 17.4. The Kier molecular flexibility index (Phi) is 5.60. The van der Waals surface area contributed by atoms with Gasteiger partial charge in [0.1, 0.15) is 10.9 Å². The first-order valence-electron chi connectivity index (χ1n) is 8.42. The minimum atomic E-state index is 0.609. The number of aliphatic imine (C=N–C) groups is 1. The van der Waals surface area contributed by atoms with Gasteiger partial charge in [-0.05, 0) is 43.2 Å². The van der Waals surface area contributed by atoms with E-state index >= 15 is 0 Å². The second-order valence-corrected chi connectivity index (χ2v) is 6.95. The number of nitrogens with zero attached hydrogens (tertiary/aromatic N) is 2. The molecule has 1 aliphatic heterocycles. The van der Waals surface area contributed by atoms with Gasteiger partial charge in [-0.3, -0.25) is 9.98 Å². The van der Waals surface area contributed by atoms with E-state index in [-0.39, 0.29) is 0 Å². The van der Waals surface area contributed by atoms with Gasteiger partial charge in [0.2, 0.25) is 0 Å². The summed E-state index contributed by atoms with van der Waals surface area (Å²) >= 11 is 1.60. The van der Waals surface area contributed by atoms with Crippen LogP contribution in [-0.4, -0.2) is 11.2 Å². The molecule has 1 aromatic heterocycles. The Labute approximate surface area is 152 Å². The number of hydrogen-bond donors (Lipinski definition) is 3. The van der Waals surface area contributed by atoms with Gasteiger partial charge in [-0.1, -0.05) is 31.2 Å². The zero-order valence-corrected chi connectivity index (χ0v) is 15.4. The number of aromatic nitrogens is 1. The monoisotopic (exact) mass is 353 g/mol. The Morgan fingerprint density at radius 1 is 1.32 bits per heavy atom. The van der Waals surface area contributed by atoms with Crippen molar-refractivity contribution in [2.45, 2.75) is 38.1 Å². The summed E-state index contributed by atoms with van der Waals surface area (Å²) in [7, 11) is 0. The van der Waals surface area contributed by atoms with Gasteiger partial charge in [-0.25, -0.2) is 0 Å². The number of benzene rings is 1. The third-order valence-electron chi connectivity index (χ3n) is 3.78. The summed E-state index contributed by atoms with van der Waals surface area (Å²) in [5.74, 6) is 0.609. The van der Waals surface area contributed by atoms with Gasteiger partial charge in [-0.15, -0.1) is 0 Å². The molecule has 0 atom stereocenters. The van der Waals surface area contributed by atoms with Gasteiger partial charge < -0.3 is 16.4 Å². The Morgan fingerprint density at radius 2 is 2.20 bits per heavy atom. The number of pyridine rings is 1. The smallest absolute Gasteiger partial charge is 0.141 e. The minimum absolute atomic E-state index is 0.609. The van der Waals surface area contributed by atoms with Crippen LogP contribution in [0.2, 0.25) is 0 Å². The molecule has 0 spiro atoms. The number of unbranched alkanes of at least 4 members (excludes halogenated alkanes) is 1. The van der Waals surface area contributed by atoms with E-state index < -0.39 is 0 Å². The van der Waals surface area contributed by atoms with E-state index in [4.69, 9.17) is 5.73 Å². The predicted octanol–water partition coefficient (Wildman–Crippen LogP) is 4.48. The number of thioether (sulfide) groups is 1. The first-order valence-corrected chi connectivity index (χ1v) is 9.24. The second-order valence-electron chi connectivity index (χ2n) is 5.92. The van der Waals surface area contributed by atoms with Crippen molar-refractivity contribution in [2.24, 2.45) is 10.7 Å². The molecule has 1 aromatic carbocycles. The molecule has 0 saturated carbocycles. The number of rotatable bonds is 6. The molecule has 1 aliphatic rings. The molecule has 5 nitrogen and oxygen atoms in total. The highest BCUT2D eigenvalue weighted by Crippen LogP contribution is 2.39. The molecule has 6 heteroatoms. The van der Waals surface area contributed by atoms with Crippen molar-refractivity contribution in [3.8, 4) is 0 Å². The van der Waals surface area contributed by atoms with E-state index in [1.54, 1.807) is 11.8 Å². The van der Waals surface area contributed by atoms with Crippen molar-refractivity contribution in [1.29, 1.82) is 0 Å². The molecule has 0 radical (unpaired) electrons. The van der Waals surface area contributed by atoms with Crippen LogP contribution in [-0.2, 0) is 6.54 Å². The molecule has 0 aliphatic carbocycles. The SMILES string of the molecule is CCC/C=N\C1=C(N)Nc2cc(CNc3ccc(C)nc3)ccc2S1. The van der Waals surface area contributed by atoms with Crippen molar-refractivity contribution in [1.82, 2.24) is 4.98 Å². The van der Waals surface area contributed by atoms with E-state index in [1.807, 2.05) is 31.5 Å². The number of anilines is 2. The molecule has 25 heavy (non-hydrogen) atoms. The molecule has 4 N–H and O–H groups in total. The third-order valence-corrected chi connectivity index (χ3v) is 4.88. The number of hydrogen-bond acceptors (Lipinski definition) is 6. The van der Waals surface area contributed by atoms with Gasteiger partial charge in [0.05, 0.1) is 17.6 Å². The summed E-state index contributed by atoms with van der Waals surface area (Å²) in [4.78, 5) is 9.90. The maximum atomic E-state index is 6.12. The molecule has 0 saturated heterocycles. The molecular weight excluding hydrogens is 330 g/mol. The lowest BCUT2D eigenvalue weighted by atomic mass is 10.2. The lowest BCUT2D eigenvalue weighted by molar-refractivity contribution is 1.01.